The van der Waals surface area contributed by atoms with Crippen molar-refractivity contribution in [2.75, 3.05) is 11.9 Å². The minimum atomic E-state index is -0.117. The number of thiophene rings is 1. The predicted molar refractivity (Wildman–Crippen MR) is 161 cm³/mol. The van der Waals surface area contributed by atoms with Crippen molar-refractivity contribution < 1.29 is 14.3 Å². The van der Waals surface area contributed by atoms with E-state index in [1.54, 1.807) is 29.7 Å². The lowest BCUT2D eigenvalue weighted by Gasteiger charge is -2.13. The summed E-state index contributed by atoms with van der Waals surface area (Å²) in [5.41, 5.74) is 4.34. The Labute approximate surface area is 242 Å². The van der Waals surface area contributed by atoms with E-state index in [1.165, 1.54) is 4.88 Å². The number of benzene rings is 3. The van der Waals surface area contributed by atoms with Crippen molar-refractivity contribution in [3.8, 4) is 11.5 Å². The summed E-state index contributed by atoms with van der Waals surface area (Å²) >= 11 is 13.8. The van der Waals surface area contributed by atoms with Gasteiger partial charge < -0.3 is 14.8 Å². The summed E-state index contributed by atoms with van der Waals surface area (Å²) in [6, 6.07) is 20.6. The molecule has 0 saturated carbocycles. The van der Waals surface area contributed by atoms with Gasteiger partial charge in [0.25, 0.3) is 5.91 Å². The highest BCUT2D eigenvalue weighted by Gasteiger charge is 2.25. The molecule has 5 rings (SSSR count). The quantitative estimate of drug-likeness (QED) is 0.202. The first-order valence-corrected chi connectivity index (χ1v) is 14.5. The van der Waals surface area contributed by atoms with Crippen LogP contribution in [-0.4, -0.2) is 18.7 Å². The molecule has 0 unspecified atom stereocenters. The van der Waals surface area contributed by atoms with Crippen molar-refractivity contribution in [1.82, 2.24) is 0 Å². The van der Waals surface area contributed by atoms with Gasteiger partial charge in [-0.15, -0.1) is 11.3 Å². The first-order chi connectivity index (χ1) is 19.0. The van der Waals surface area contributed by atoms with Crippen LogP contribution in [0.3, 0.4) is 0 Å². The Kier molecular flexibility index (Phi) is 8.87. The number of aryl methyl sites for hydroxylation is 1. The molecule has 0 bridgehead atoms. The monoisotopic (exact) mass is 578 g/mol. The van der Waals surface area contributed by atoms with E-state index < -0.39 is 0 Å². The molecular weight excluding hydrogens is 551 g/mol. The second kappa shape index (κ2) is 12.7. The smallest absolute Gasteiger partial charge is 0.259 e. The van der Waals surface area contributed by atoms with Gasteiger partial charge in [-0.1, -0.05) is 47.5 Å². The third kappa shape index (κ3) is 6.64. The van der Waals surface area contributed by atoms with Crippen LogP contribution in [0.15, 0.2) is 71.7 Å². The summed E-state index contributed by atoms with van der Waals surface area (Å²) in [6.07, 6.45) is 5.89. The number of nitrogens with zero attached hydrogens (tertiary/aromatic N) is 1. The van der Waals surface area contributed by atoms with E-state index in [-0.39, 0.29) is 5.91 Å². The van der Waals surface area contributed by atoms with Gasteiger partial charge >= 0.3 is 0 Å². The van der Waals surface area contributed by atoms with E-state index in [0.29, 0.717) is 40.3 Å². The number of ether oxygens (including phenoxy) is 2. The molecule has 1 aliphatic rings. The third-order valence-electron chi connectivity index (χ3n) is 6.39. The molecular formula is C31H28Cl2N2O3S. The molecule has 0 fully saturated rings. The Morgan fingerprint density at radius 3 is 2.59 bits per heavy atom. The van der Waals surface area contributed by atoms with Gasteiger partial charge in [-0.3, -0.25) is 4.79 Å². The number of rotatable bonds is 9. The van der Waals surface area contributed by atoms with Crippen molar-refractivity contribution in [2.45, 2.75) is 39.2 Å². The molecule has 0 spiro atoms. The standard InChI is InChI=1S/C31H28Cl2N2O3S/c1-2-37-27-17-20(13-15-26(27)38-19-21-12-14-24(32)25(33)16-21)18-34-31-29(23-10-6-7-11-28(23)39-31)30(36)35-22-8-4-3-5-9-22/h3-5,8-9,12-18H,2,6-7,10-11,19H2,1H3,(H,35,36). The molecule has 0 radical (unpaired) electrons. The van der Waals surface area contributed by atoms with Crippen molar-refractivity contribution in [3.63, 3.8) is 0 Å². The summed E-state index contributed by atoms with van der Waals surface area (Å²) in [4.78, 5) is 19.4. The zero-order valence-electron chi connectivity index (χ0n) is 21.5. The number of anilines is 1. The first-order valence-electron chi connectivity index (χ1n) is 12.9. The molecule has 1 heterocycles. The number of nitrogens with one attached hydrogen (secondary N) is 1. The average molecular weight is 580 g/mol. The fourth-order valence-corrected chi connectivity index (χ4v) is 6.06. The van der Waals surface area contributed by atoms with E-state index in [0.717, 1.165) is 53.1 Å². The topological polar surface area (TPSA) is 59.9 Å². The Balaban J connectivity index is 1.38. The zero-order chi connectivity index (χ0) is 27.2. The van der Waals surface area contributed by atoms with Crippen LogP contribution < -0.4 is 14.8 Å². The molecule has 1 N–H and O–H groups in total. The molecule has 3 aromatic carbocycles. The number of amides is 1. The van der Waals surface area contributed by atoms with Crippen LogP contribution in [0.5, 0.6) is 11.5 Å². The largest absolute Gasteiger partial charge is 0.490 e. The van der Waals surface area contributed by atoms with Gasteiger partial charge in [0.2, 0.25) is 0 Å². The van der Waals surface area contributed by atoms with Crippen LogP contribution in [0, 0.1) is 0 Å². The van der Waals surface area contributed by atoms with E-state index in [4.69, 9.17) is 37.7 Å². The summed E-state index contributed by atoms with van der Waals surface area (Å²) in [5.74, 6) is 1.12. The number of halogens is 2. The summed E-state index contributed by atoms with van der Waals surface area (Å²) in [7, 11) is 0. The molecule has 1 aliphatic carbocycles. The molecule has 1 amide bonds. The lowest BCUT2D eigenvalue weighted by atomic mass is 9.95. The highest BCUT2D eigenvalue weighted by Crippen LogP contribution is 2.40. The van der Waals surface area contributed by atoms with Crippen LogP contribution in [0.4, 0.5) is 10.7 Å². The van der Waals surface area contributed by atoms with Gasteiger partial charge in [-0.25, -0.2) is 4.99 Å². The minimum Gasteiger partial charge on any atom is -0.490 e. The minimum absolute atomic E-state index is 0.117. The normalized spacial score (nSPS) is 12.8. The zero-order valence-corrected chi connectivity index (χ0v) is 23.8. The Morgan fingerprint density at radius 1 is 0.974 bits per heavy atom. The summed E-state index contributed by atoms with van der Waals surface area (Å²) < 4.78 is 11.9. The van der Waals surface area contributed by atoms with E-state index >= 15 is 0 Å². The van der Waals surface area contributed by atoms with Gasteiger partial charge in [0.1, 0.15) is 11.6 Å². The van der Waals surface area contributed by atoms with Gasteiger partial charge in [-0.2, -0.15) is 0 Å². The van der Waals surface area contributed by atoms with Crippen LogP contribution in [0.1, 0.15) is 51.7 Å². The van der Waals surface area contributed by atoms with Crippen LogP contribution in [-0.2, 0) is 19.4 Å². The fourth-order valence-electron chi connectivity index (χ4n) is 4.51. The van der Waals surface area contributed by atoms with Crippen LogP contribution >= 0.6 is 34.5 Å². The molecule has 0 saturated heterocycles. The maximum atomic E-state index is 13.4. The number of para-hydroxylation sites is 1. The highest BCUT2D eigenvalue weighted by molar-refractivity contribution is 7.16. The molecule has 4 aromatic rings. The van der Waals surface area contributed by atoms with E-state index in [1.807, 2.05) is 61.5 Å². The molecule has 0 atom stereocenters. The third-order valence-corrected chi connectivity index (χ3v) is 8.33. The number of aliphatic imine (C=N–C) groups is 1. The fraction of sp³-hybridized carbons (Fsp3) is 0.226. The van der Waals surface area contributed by atoms with Gasteiger partial charge in [0.15, 0.2) is 11.5 Å². The molecule has 1 aromatic heterocycles. The van der Waals surface area contributed by atoms with Crippen molar-refractivity contribution >= 4 is 57.3 Å². The maximum absolute atomic E-state index is 13.4. The maximum Gasteiger partial charge on any atom is 0.259 e. The second-order valence-corrected chi connectivity index (χ2v) is 11.0. The predicted octanol–water partition coefficient (Wildman–Crippen LogP) is 8.91. The van der Waals surface area contributed by atoms with Gasteiger partial charge in [-0.05, 0) is 91.8 Å². The second-order valence-electron chi connectivity index (χ2n) is 9.15. The van der Waals surface area contributed by atoms with Crippen LogP contribution in [0.25, 0.3) is 0 Å². The van der Waals surface area contributed by atoms with Crippen molar-refractivity contribution in [3.05, 3.63) is 104 Å². The number of carbonyl (C=O) groups is 1. The van der Waals surface area contributed by atoms with Crippen molar-refractivity contribution in [2.24, 2.45) is 4.99 Å². The Hall–Kier alpha value is -3.32. The first kappa shape index (κ1) is 27.3. The number of fused-ring (bicyclic) bond motifs is 1. The SMILES string of the molecule is CCOc1cc(C=Nc2sc3c(c2C(=O)Nc2ccccc2)CCCC3)ccc1OCc1ccc(Cl)c(Cl)c1. The average Bonchev–Trinajstić information content (AvgIpc) is 3.32. The lowest BCUT2D eigenvalue weighted by molar-refractivity contribution is 0.102. The summed E-state index contributed by atoms with van der Waals surface area (Å²) in [5, 5.41) is 4.77. The Bertz CT molecular complexity index is 1500. The summed E-state index contributed by atoms with van der Waals surface area (Å²) in [6.45, 7) is 2.74. The molecule has 200 valence electrons. The number of hydrogen-bond donors (Lipinski definition) is 1. The highest BCUT2D eigenvalue weighted by atomic mass is 35.5. The number of hydrogen-bond acceptors (Lipinski definition) is 5. The van der Waals surface area contributed by atoms with Crippen LogP contribution in [0.2, 0.25) is 10.0 Å². The van der Waals surface area contributed by atoms with Crippen molar-refractivity contribution in [1.29, 1.82) is 0 Å². The van der Waals surface area contributed by atoms with E-state index in [9.17, 15) is 4.79 Å². The molecule has 8 heteroatoms. The van der Waals surface area contributed by atoms with E-state index in [2.05, 4.69) is 5.32 Å². The van der Waals surface area contributed by atoms with Gasteiger partial charge in [0.05, 0.1) is 22.2 Å². The molecule has 5 nitrogen and oxygen atoms in total. The number of carbonyl (C=O) groups excluding carboxylic acids is 1. The van der Waals surface area contributed by atoms with Gasteiger partial charge in [0, 0.05) is 16.8 Å². The molecule has 0 aliphatic heterocycles. The molecule has 39 heavy (non-hydrogen) atoms. The Morgan fingerprint density at radius 2 is 1.79 bits per heavy atom. The lowest BCUT2D eigenvalue weighted by Crippen LogP contribution is -2.14.